The molecule has 1 aliphatic rings. The highest BCUT2D eigenvalue weighted by molar-refractivity contribution is 7.61. The molecule has 2 aromatic carbocycles. The van der Waals surface area contributed by atoms with Crippen molar-refractivity contribution in [2.24, 2.45) is 29.4 Å². The molecule has 3 unspecified atom stereocenters. The van der Waals surface area contributed by atoms with Gasteiger partial charge in [0.1, 0.15) is 55.1 Å². The number of nitrogens with zero attached hydrogens (tertiary/aromatic N) is 5. The number of hydrogen-bond acceptors (Lipinski definition) is 24. The number of nitrogens with one attached hydrogen (secondary N) is 9. The third-order valence-electron chi connectivity index (χ3n) is 20.0. The van der Waals surface area contributed by atoms with Gasteiger partial charge >= 0.3 is 45.8 Å². The van der Waals surface area contributed by atoms with Gasteiger partial charge in [0.2, 0.25) is 41.4 Å². The van der Waals surface area contributed by atoms with Gasteiger partial charge < -0.3 is 92.1 Å². The van der Waals surface area contributed by atoms with E-state index >= 15 is 0 Å². The molecule has 3 aromatic rings. The van der Waals surface area contributed by atoms with Crippen LogP contribution in [0.25, 0.3) is 0 Å². The number of unbranched alkanes of at least 4 members (excludes halogenated alkanes) is 6. The minimum atomic E-state index is -5.24. The van der Waals surface area contributed by atoms with Gasteiger partial charge in [-0.05, 0) is 126 Å². The number of benzene rings is 2. The standard InChI is InChI=1S/C81H127N15O24P2.C2H6/c1-15-53(7)69-74(102)88-58(12)78(106)119-70(54(8)16-2)56(10)64(38-33-55(9)77(105)117-65(47-51(3)4)72(100)87-57(11)75(103)95(14)63(48-59-29-22-20-23-30-59)76(104)94(13)49-67(98)92-69)118-81(109)84-39-25-18-17-19-27-45-115-121(110,111)120-122(112,113)116-46-42-85-80(108)114-50-60-34-36-61(37-35-60)89-71(99)62(31-28-40-83-79(82)107)90-73(101)68(52(5)6)91-66(97)32-24-21-26-43-96-44-41-86-93-96;1-2/h16,20,22-23,29-30,33-37,41,44,51-53,56-58,62-65,68-70H,15,17-19,21,24-28,31-32,38-40,42-43,45-50H2,1-14H3,(H,84,109)(H,85,108)(H,87,100)(H,88,102)(H,89,99)(H,90,101)(H,91,97)(H,92,98)(H,110,111)(H,112,113)(H3,82,83,107);1-2H3/b54-16+,55-33+;/t53?,56-,57-,58+,62+,63+,64-,65+,68+,69-,70+;/m0./s1. The number of likely N-dealkylation sites (N-methyl/N-ethyl adjacent to an activating group) is 2. The van der Waals surface area contributed by atoms with Gasteiger partial charge in [-0.3, -0.25) is 52.1 Å². The van der Waals surface area contributed by atoms with Gasteiger partial charge in [0.15, 0.2) is 6.10 Å². The molecule has 0 aliphatic carbocycles. The van der Waals surface area contributed by atoms with E-state index in [4.69, 9.17) is 33.7 Å². The molecule has 0 saturated heterocycles. The Balaban J connectivity index is 0.0000197. The number of nitrogens with two attached hydrogens (primary N) is 1. The van der Waals surface area contributed by atoms with E-state index in [0.29, 0.717) is 67.5 Å². The molecule has 0 fully saturated rings. The highest BCUT2D eigenvalue weighted by atomic mass is 31.3. The molecule has 0 spiro atoms. The van der Waals surface area contributed by atoms with E-state index in [-0.39, 0.29) is 94.6 Å². The fourth-order valence-electron chi connectivity index (χ4n) is 12.5. The molecule has 0 bridgehead atoms. The zero-order chi connectivity index (χ0) is 92.8. The van der Waals surface area contributed by atoms with Crippen molar-refractivity contribution in [3.05, 3.63) is 101 Å². The highest BCUT2D eigenvalue weighted by Crippen LogP contribution is 2.60. The summed E-state index contributed by atoms with van der Waals surface area (Å²) in [6, 6.07) is 7.18. The number of primary amides is 1. The monoisotopic (exact) mass is 1790 g/mol. The maximum Gasteiger partial charge on any atom is 0.481 e. The lowest BCUT2D eigenvalue weighted by Crippen LogP contribution is -2.57. The number of rotatable bonds is 41. The summed E-state index contributed by atoms with van der Waals surface area (Å²) in [5.74, 6) is -8.74. The maximum atomic E-state index is 14.4. The van der Waals surface area contributed by atoms with E-state index in [1.165, 1.54) is 58.0 Å². The van der Waals surface area contributed by atoms with Gasteiger partial charge in [0.05, 0.1) is 26.0 Å². The first-order valence-corrected chi connectivity index (χ1v) is 45.2. The Hall–Kier alpha value is -10.2. The molecule has 124 heavy (non-hydrogen) atoms. The van der Waals surface area contributed by atoms with Crippen LogP contribution in [0, 0.1) is 23.7 Å². The molecule has 13 atom stereocenters. The van der Waals surface area contributed by atoms with Gasteiger partial charge in [0.25, 0.3) is 5.91 Å². The third-order valence-corrected chi connectivity index (χ3v) is 22.6. The number of cyclic esters (lactones) is 2. The number of phosphoric acid groups is 2. The lowest BCUT2D eigenvalue weighted by Gasteiger charge is -2.33. The van der Waals surface area contributed by atoms with E-state index in [1.807, 2.05) is 13.8 Å². The van der Waals surface area contributed by atoms with Crippen LogP contribution in [-0.2, 0) is 109 Å². The molecular formula is C83H133N15O24P2. The molecular weight excluding hydrogens is 1650 g/mol. The van der Waals surface area contributed by atoms with E-state index in [2.05, 4.69) is 62.5 Å². The van der Waals surface area contributed by atoms with Crippen molar-refractivity contribution in [2.75, 3.05) is 58.8 Å². The molecule has 0 radical (unpaired) electrons. The van der Waals surface area contributed by atoms with Gasteiger partial charge in [-0.1, -0.05) is 154 Å². The zero-order valence-corrected chi connectivity index (χ0v) is 76.1. The summed E-state index contributed by atoms with van der Waals surface area (Å²) in [6.07, 6.45) is 5.93. The number of alkyl carbamates (subject to hydrolysis) is 2. The summed E-state index contributed by atoms with van der Waals surface area (Å²) in [4.78, 5) is 199. The van der Waals surface area contributed by atoms with E-state index in [1.54, 1.807) is 128 Å². The number of carbonyl (C=O) groups is 13. The Morgan fingerprint density at radius 3 is 1.98 bits per heavy atom. The number of phosphoric ester groups is 2. The number of urea groups is 1. The van der Waals surface area contributed by atoms with Gasteiger partial charge in [-0.2, -0.15) is 4.31 Å². The lowest BCUT2D eigenvalue weighted by atomic mass is 9.90. The number of amides is 12. The number of allylic oxidation sites excluding steroid dienone is 1. The fraction of sp³-hybridized carbons (Fsp3) is 0.627. The van der Waals surface area contributed by atoms with Gasteiger partial charge in [-0.15, -0.1) is 5.10 Å². The van der Waals surface area contributed by atoms with Crippen LogP contribution in [-0.4, -0.2) is 220 Å². The first-order chi connectivity index (χ1) is 58.6. The van der Waals surface area contributed by atoms with Crippen molar-refractivity contribution in [3.8, 4) is 0 Å². The summed E-state index contributed by atoms with van der Waals surface area (Å²) < 4.78 is 64.3. The largest absolute Gasteiger partial charge is 0.481 e. The number of hydrogen-bond donors (Lipinski definition) is 12. The Labute approximate surface area is 727 Å². The average molecular weight is 1790 g/mol. The molecule has 694 valence electrons. The Kier molecular flexibility index (Phi) is 49.3. The molecule has 1 aromatic heterocycles. The molecule has 12 amide bonds. The normalized spacial score (nSPS) is 21.0. The molecule has 1 aliphatic heterocycles. The summed E-state index contributed by atoms with van der Waals surface area (Å²) in [7, 11) is -7.63. The van der Waals surface area contributed by atoms with Crippen molar-refractivity contribution in [2.45, 2.75) is 261 Å². The molecule has 0 saturated carbocycles. The first kappa shape index (κ1) is 108. The molecule has 4 rings (SSSR count). The second kappa shape index (κ2) is 56.6. The van der Waals surface area contributed by atoms with Crippen molar-refractivity contribution in [1.29, 1.82) is 0 Å². The van der Waals surface area contributed by atoms with Crippen LogP contribution < -0.4 is 53.6 Å². The van der Waals surface area contributed by atoms with Crippen LogP contribution >= 0.6 is 15.6 Å². The van der Waals surface area contributed by atoms with Gasteiger partial charge in [0, 0.05) is 82.9 Å². The predicted molar refractivity (Wildman–Crippen MR) is 460 cm³/mol. The topological polar surface area (TPSA) is 533 Å². The summed E-state index contributed by atoms with van der Waals surface area (Å²) in [5, 5.41) is 31.4. The van der Waals surface area contributed by atoms with Crippen LogP contribution in [0.1, 0.15) is 198 Å². The first-order valence-electron chi connectivity index (χ1n) is 42.2. The van der Waals surface area contributed by atoms with Crippen molar-refractivity contribution in [1.82, 2.24) is 67.3 Å². The third kappa shape index (κ3) is 41.1. The van der Waals surface area contributed by atoms with Crippen LogP contribution in [0.15, 0.2) is 90.3 Å². The highest BCUT2D eigenvalue weighted by Gasteiger charge is 2.40. The summed E-state index contributed by atoms with van der Waals surface area (Å²) >= 11 is 0. The van der Waals surface area contributed by atoms with Crippen molar-refractivity contribution < 1.29 is 114 Å². The van der Waals surface area contributed by atoms with Crippen LogP contribution in [0.2, 0.25) is 0 Å². The van der Waals surface area contributed by atoms with E-state index < -0.39 is 173 Å². The molecule has 2 heterocycles. The Morgan fingerprint density at radius 2 is 1.35 bits per heavy atom. The molecule has 39 nitrogen and oxygen atoms in total. The van der Waals surface area contributed by atoms with Crippen LogP contribution in [0.5, 0.6) is 0 Å². The van der Waals surface area contributed by atoms with Crippen LogP contribution in [0.3, 0.4) is 0 Å². The fourth-order valence-corrected chi connectivity index (χ4v) is 14.6. The van der Waals surface area contributed by atoms with E-state index in [0.717, 1.165) is 17.7 Å². The predicted octanol–water partition coefficient (Wildman–Crippen LogP) is 7.99. The number of aryl methyl sites for hydroxylation is 1. The summed E-state index contributed by atoms with van der Waals surface area (Å²) in [6.45, 7) is 22.5. The SMILES string of the molecule is C/C=C(\C)[C@H]1OC(=O)[C@@H](C)NC(=O)[C@H](C(C)CC)NC(=O)CN(C)C(=O)[C@@H](Cc2ccccc2)N(C)C(=O)[C@H](C)NC(=O)[C@@H](CC(C)C)OC(=O)/C(C)=C/C[C@H](OC(=O)NCCCCCCCOP(=O)(O)OP(=O)(O)OCCNC(=O)OCc2ccc(NC(=O)[C@@H](CCCNC(N)=O)NC(=O)[C@H](NC(=O)CCCCCn3ccnn3)C(C)C)cc2)[C@@H]1C.CC. The second-order valence-electron chi connectivity index (χ2n) is 30.9. The number of anilines is 1. The number of carbonyl (C=O) groups excluding carboxylic acids is 13. The minimum absolute atomic E-state index is 0.00383. The number of esters is 2. The molecule has 41 heteroatoms. The Bertz CT molecular complexity index is 4060. The zero-order valence-electron chi connectivity index (χ0n) is 74.4. The van der Waals surface area contributed by atoms with Crippen molar-refractivity contribution in [3.63, 3.8) is 0 Å². The number of aromatic nitrogens is 3. The molecule has 13 N–H and O–H groups in total. The number of ether oxygens (including phenoxy) is 4. The maximum absolute atomic E-state index is 14.4. The second-order valence-corrected chi connectivity index (χ2v) is 34.0. The van der Waals surface area contributed by atoms with E-state index in [9.17, 15) is 81.2 Å². The average Bonchev–Trinajstić information content (AvgIpc) is 0.845. The quantitative estimate of drug-likeness (QED) is 0.00841. The smallest absolute Gasteiger partial charge is 0.456 e. The summed E-state index contributed by atoms with van der Waals surface area (Å²) in [5.41, 5.74) is 7.19. The van der Waals surface area contributed by atoms with Crippen molar-refractivity contribution >= 4 is 98.7 Å². The van der Waals surface area contributed by atoms with Crippen LogP contribution in [0.4, 0.5) is 20.1 Å². The van der Waals surface area contributed by atoms with Gasteiger partial charge in [-0.25, -0.2) is 33.1 Å². The lowest BCUT2D eigenvalue weighted by molar-refractivity contribution is -0.155. The minimum Gasteiger partial charge on any atom is -0.456 e. The Morgan fingerprint density at radius 1 is 0.726 bits per heavy atom.